The zero-order valence-electron chi connectivity index (χ0n) is 12.4. The lowest BCUT2D eigenvalue weighted by atomic mass is 10.0. The molecule has 0 saturated carbocycles. The lowest BCUT2D eigenvalue weighted by Crippen LogP contribution is -2.37. The van der Waals surface area contributed by atoms with E-state index >= 15 is 0 Å². The smallest absolute Gasteiger partial charge is 0.241 e. The summed E-state index contributed by atoms with van der Waals surface area (Å²) in [4.78, 5) is 15.3. The van der Waals surface area contributed by atoms with Crippen LogP contribution < -0.4 is 4.90 Å². The number of aliphatic hydroxyl groups excluding tert-OH is 1. The van der Waals surface area contributed by atoms with Gasteiger partial charge in [0, 0.05) is 31.9 Å². The number of rotatable bonds is 5. The van der Waals surface area contributed by atoms with Crippen LogP contribution >= 0.6 is 0 Å². The number of nitriles is 1. The highest BCUT2D eigenvalue weighted by Gasteiger charge is 2.17. The summed E-state index contributed by atoms with van der Waals surface area (Å²) in [5.41, 5.74) is 1.97. The molecule has 0 radical (unpaired) electrons. The van der Waals surface area contributed by atoms with Gasteiger partial charge in [-0.1, -0.05) is 6.07 Å². The number of anilines is 1. The SMILES string of the molecule is CCN(CC(=O)N(C)C)c1cc(C#N)ccc1[C@@H](C)O. The van der Waals surface area contributed by atoms with Gasteiger partial charge in [0.05, 0.1) is 24.3 Å². The van der Waals surface area contributed by atoms with Gasteiger partial charge in [-0.15, -0.1) is 0 Å². The molecule has 5 heteroatoms. The maximum absolute atomic E-state index is 11.9. The summed E-state index contributed by atoms with van der Waals surface area (Å²) < 4.78 is 0. The first-order valence-corrected chi connectivity index (χ1v) is 6.57. The molecule has 1 atom stereocenters. The molecule has 0 aromatic heterocycles. The Hall–Kier alpha value is -2.06. The van der Waals surface area contributed by atoms with Crippen molar-refractivity contribution in [3.63, 3.8) is 0 Å². The van der Waals surface area contributed by atoms with Crippen LogP contribution in [0.25, 0.3) is 0 Å². The Labute approximate surface area is 120 Å². The molecule has 0 aliphatic rings. The largest absolute Gasteiger partial charge is 0.389 e. The van der Waals surface area contributed by atoms with Crippen molar-refractivity contribution in [3.8, 4) is 6.07 Å². The first-order valence-electron chi connectivity index (χ1n) is 6.57. The zero-order chi connectivity index (χ0) is 15.3. The van der Waals surface area contributed by atoms with Crippen molar-refractivity contribution in [2.75, 3.05) is 32.1 Å². The molecule has 1 amide bonds. The maximum atomic E-state index is 11.9. The molecule has 1 rings (SSSR count). The summed E-state index contributed by atoms with van der Waals surface area (Å²) in [5.74, 6) is -0.0225. The topological polar surface area (TPSA) is 67.6 Å². The van der Waals surface area contributed by atoms with E-state index in [0.29, 0.717) is 12.1 Å². The first kappa shape index (κ1) is 16.0. The predicted octanol–water partition coefficient (Wildman–Crippen LogP) is 1.53. The number of amides is 1. The second kappa shape index (κ2) is 6.92. The van der Waals surface area contributed by atoms with E-state index in [1.165, 1.54) is 4.90 Å². The van der Waals surface area contributed by atoms with Crippen LogP contribution in [0.4, 0.5) is 5.69 Å². The van der Waals surface area contributed by atoms with E-state index < -0.39 is 6.10 Å². The molecular formula is C15H21N3O2. The molecule has 0 fully saturated rings. The number of aliphatic hydroxyl groups is 1. The fourth-order valence-electron chi connectivity index (χ4n) is 1.91. The number of hydrogen-bond donors (Lipinski definition) is 1. The molecule has 5 nitrogen and oxygen atoms in total. The average molecular weight is 275 g/mol. The van der Waals surface area contributed by atoms with Crippen LogP contribution in [0, 0.1) is 11.3 Å². The van der Waals surface area contributed by atoms with Crippen molar-refractivity contribution in [3.05, 3.63) is 29.3 Å². The lowest BCUT2D eigenvalue weighted by molar-refractivity contribution is -0.127. The van der Waals surface area contributed by atoms with Crippen LogP contribution in [0.15, 0.2) is 18.2 Å². The summed E-state index contributed by atoms with van der Waals surface area (Å²) in [6.07, 6.45) is -0.652. The maximum Gasteiger partial charge on any atom is 0.241 e. The van der Waals surface area contributed by atoms with E-state index in [2.05, 4.69) is 6.07 Å². The van der Waals surface area contributed by atoms with Crippen molar-refractivity contribution in [2.45, 2.75) is 20.0 Å². The number of nitrogens with zero attached hydrogens (tertiary/aromatic N) is 3. The summed E-state index contributed by atoms with van der Waals surface area (Å²) >= 11 is 0. The molecule has 0 heterocycles. The van der Waals surface area contributed by atoms with Gasteiger partial charge in [0.2, 0.25) is 5.91 Å². The third kappa shape index (κ3) is 3.72. The third-order valence-corrected chi connectivity index (χ3v) is 3.16. The Morgan fingerprint density at radius 2 is 2.10 bits per heavy atom. The van der Waals surface area contributed by atoms with Crippen molar-refractivity contribution in [1.82, 2.24) is 4.90 Å². The number of likely N-dealkylation sites (N-methyl/N-ethyl adjacent to an activating group) is 2. The monoisotopic (exact) mass is 275 g/mol. The van der Waals surface area contributed by atoms with Crippen LogP contribution in [0.3, 0.4) is 0 Å². The Bertz CT molecular complexity index is 518. The van der Waals surface area contributed by atoms with Crippen molar-refractivity contribution in [1.29, 1.82) is 5.26 Å². The lowest BCUT2D eigenvalue weighted by Gasteiger charge is -2.27. The minimum absolute atomic E-state index is 0.0225. The molecule has 1 aromatic rings. The number of carbonyl (C=O) groups is 1. The van der Waals surface area contributed by atoms with E-state index in [9.17, 15) is 9.90 Å². The molecule has 1 N–H and O–H groups in total. The van der Waals surface area contributed by atoms with E-state index in [-0.39, 0.29) is 12.5 Å². The highest BCUT2D eigenvalue weighted by Crippen LogP contribution is 2.27. The van der Waals surface area contributed by atoms with Gasteiger partial charge in [0.15, 0.2) is 0 Å². The fraction of sp³-hybridized carbons (Fsp3) is 0.467. The van der Waals surface area contributed by atoms with E-state index in [4.69, 9.17) is 5.26 Å². The van der Waals surface area contributed by atoms with Gasteiger partial charge >= 0.3 is 0 Å². The molecule has 0 aliphatic carbocycles. The van der Waals surface area contributed by atoms with Gasteiger partial charge in [-0.3, -0.25) is 4.79 Å². The Kier molecular flexibility index (Phi) is 5.53. The van der Waals surface area contributed by atoms with Crippen molar-refractivity contribution >= 4 is 11.6 Å². The number of benzene rings is 1. The van der Waals surface area contributed by atoms with Gasteiger partial charge in [-0.05, 0) is 26.0 Å². The second-order valence-corrected chi connectivity index (χ2v) is 4.86. The molecule has 0 spiro atoms. The molecule has 108 valence electrons. The van der Waals surface area contributed by atoms with Crippen molar-refractivity contribution in [2.24, 2.45) is 0 Å². The normalized spacial score (nSPS) is 11.6. The molecule has 0 unspecified atom stereocenters. The Morgan fingerprint density at radius 1 is 1.45 bits per heavy atom. The molecule has 0 saturated heterocycles. The second-order valence-electron chi connectivity index (χ2n) is 4.86. The van der Waals surface area contributed by atoms with E-state index in [1.807, 2.05) is 11.8 Å². The van der Waals surface area contributed by atoms with Crippen LogP contribution in [0.5, 0.6) is 0 Å². The van der Waals surface area contributed by atoms with Gasteiger partial charge in [0.25, 0.3) is 0 Å². The molecular weight excluding hydrogens is 254 g/mol. The Balaban J connectivity index is 3.18. The zero-order valence-corrected chi connectivity index (χ0v) is 12.4. The van der Waals surface area contributed by atoms with E-state index in [1.54, 1.807) is 39.2 Å². The molecule has 1 aromatic carbocycles. The predicted molar refractivity (Wildman–Crippen MR) is 78.4 cm³/mol. The van der Waals surface area contributed by atoms with Gasteiger partial charge in [-0.25, -0.2) is 0 Å². The van der Waals surface area contributed by atoms with Crippen molar-refractivity contribution < 1.29 is 9.90 Å². The molecule has 0 bridgehead atoms. The highest BCUT2D eigenvalue weighted by atomic mass is 16.3. The minimum Gasteiger partial charge on any atom is -0.389 e. The molecule has 0 aliphatic heterocycles. The van der Waals surface area contributed by atoms with Crippen LogP contribution in [0.1, 0.15) is 31.1 Å². The summed E-state index contributed by atoms with van der Waals surface area (Å²) in [6.45, 7) is 4.45. The standard InChI is InChI=1S/C15H21N3O2/c1-5-18(10-15(20)17(3)4)14-8-12(9-16)6-7-13(14)11(2)19/h6-8,11,19H,5,10H2,1-4H3/t11-/m1/s1. The van der Waals surface area contributed by atoms with Crippen LogP contribution in [-0.2, 0) is 4.79 Å². The summed E-state index contributed by atoms with van der Waals surface area (Å²) in [5, 5.41) is 18.9. The first-order chi connectivity index (χ1) is 9.40. The van der Waals surface area contributed by atoms with Gasteiger partial charge in [0.1, 0.15) is 0 Å². The summed E-state index contributed by atoms with van der Waals surface area (Å²) in [7, 11) is 3.41. The minimum atomic E-state index is -0.652. The number of carbonyl (C=O) groups excluding carboxylic acids is 1. The van der Waals surface area contributed by atoms with E-state index in [0.717, 1.165) is 11.3 Å². The van der Waals surface area contributed by atoms with Gasteiger partial charge in [-0.2, -0.15) is 5.26 Å². The molecule has 20 heavy (non-hydrogen) atoms. The van der Waals surface area contributed by atoms with Gasteiger partial charge < -0.3 is 14.9 Å². The highest BCUT2D eigenvalue weighted by molar-refractivity contribution is 5.81. The van der Waals surface area contributed by atoms with Crippen LogP contribution in [-0.4, -0.2) is 43.1 Å². The summed E-state index contributed by atoms with van der Waals surface area (Å²) in [6, 6.07) is 7.21. The number of hydrogen-bond acceptors (Lipinski definition) is 4. The van der Waals surface area contributed by atoms with Crippen LogP contribution in [0.2, 0.25) is 0 Å². The third-order valence-electron chi connectivity index (χ3n) is 3.16. The Morgan fingerprint density at radius 3 is 2.55 bits per heavy atom. The average Bonchev–Trinajstić information content (AvgIpc) is 2.43. The fourth-order valence-corrected chi connectivity index (χ4v) is 1.91. The quantitative estimate of drug-likeness (QED) is 0.885.